The predicted molar refractivity (Wildman–Crippen MR) is 80.3 cm³/mol. The van der Waals surface area contributed by atoms with E-state index in [1.807, 2.05) is 6.92 Å². The topological polar surface area (TPSA) is 72.5 Å². The van der Waals surface area contributed by atoms with E-state index in [1.165, 1.54) is 18.4 Å². The van der Waals surface area contributed by atoms with Crippen LogP contribution in [0.3, 0.4) is 0 Å². The molecule has 0 aromatic carbocycles. The second-order valence-electron chi connectivity index (χ2n) is 4.04. The molecule has 0 amide bonds. The Balaban J connectivity index is 2.37. The Kier molecular flexibility index (Phi) is 4.17. The lowest BCUT2D eigenvalue weighted by Crippen LogP contribution is -2.14. The number of esters is 1. The zero-order chi connectivity index (χ0) is 14.9. The molecule has 0 bridgehead atoms. The van der Waals surface area contributed by atoms with Crippen LogP contribution in [-0.2, 0) is 14.8 Å². The van der Waals surface area contributed by atoms with Crippen LogP contribution in [-0.4, -0.2) is 21.5 Å². The first-order valence-electron chi connectivity index (χ1n) is 5.61. The number of sulfonamides is 1. The molecule has 0 spiro atoms. The number of carbonyl (C=O) groups excluding carboxylic acids is 1. The van der Waals surface area contributed by atoms with Crippen molar-refractivity contribution in [2.24, 2.45) is 0 Å². The number of ether oxygens (including phenoxy) is 1. The number of rotatable bonds is 4. The predicted octanol–water partition coefficient (Wildman–Crippen LogP) is 3.01. The molecule has 0 unspecified atom stereocenters. The fourth-order valence-electron chi connectivity index (χ4n) is 1.71. The maximum atomic E-state index is 12.3. The highest BCUT2D eigenvalue weighted by Gasteiger charge is 2.23. The van der Waals surface area contributed by atoms with Gasteiger partial charge in [0.15, 0.2) is 0 Å². The van der Waals surface area contributed by atoms with Gasteiger partial charge in [-0.2, -0.15) is 0 Å². The lowest BCUT2D eigenvalue weighted by Gasteiger charge is -2.07. The van der Waals surface area contributed by atoms with Crippen molar-refractivity contribution in [2.45, 2.75) is 18.7 Å². The summed E-state index contributed by atoms with van der Waals surface area (Å²) in [6, 6.07) is 3.16. The van der Waals surface area contributed by atoms with E-state index in [0.29, 0.717) is 4.88 Å². The fourth-order valence-corrected chi connectivity index (χ4v) is 5.17. The van der Waals surface area contributed by atoms with Gasteiger partial charge in [0, 0.05) is 9.75 Å². The standard InChI is InChI=1S/C12H13NO4S3/c1-7-6-10(8(2)19-7)20(15,16)13-9-4-5-18-11(9)12(14)17-3/h4-6,13H,1-3H3. The van der Waals surface area contributed by atoms with E-state index in [9.17, 15) is 13.2 Å². The van der Waals surface area contributed by atoms with Crippen molar-refractivity contribution in [3.8, 4) is 0 Å². The third-order valence-electron chi connectivity index (χ3n) is 2.57. The van der Waals surface area contributed by atoms with Gasteiger partial charge in [0.05, 0.1) is 12.8 Å². The average Bonchev–Trinajstić information content (AvgIpc) is 2.94. The molecule has 108 valence electrons. The number of nitrogens with one attached hydrogen (secondary N) is 1. The van der Waals surface area contributed by atoms with Crippen LogP contribution in [0.15, 0.2) is 22.4 Å². The summed E-state index contributed by atoms with van der Waals surface area (Å²) in [5, 5.41) is 1.63. The molecule has 5 nitrogen and oxygen atoms in total. The van der Waals surface area contributed by atoms with E-state index in [1.54, 1.807) is 24.4 Å². The van der Waals surface area contributed by atoms with Crippen LogP contribution >= 0.6 is 22.7 Å². The molecular weight excluding hydrogens is 318 g/mol. The molecule has 8 heteroatoms. The third-order valence-corrected chi connectivity index (χ3v) is 6.05. The molecule has 0 radical (unpaired) electrons. The second-order valence-corrected chi connectivity index (χ2v) is 8.07. The Morgan fingerprint density at radius 1 is 1.35 bits per heavy atom. The summed E-state index contributed by atoms with van der Waals surface area (Å²) in [7, 11) is -2.44. The minimum Gasteiger partial charge on any atom is -0.465 e. The van der Waals surface area contributed by atoms with Crippen LogP contribution in [0.25, 0.3) is 0 Å². The van der Waals surface area contributed by atoms with Gasteiger partial charge in [0.1, 0.15) is 9.77 Å². The van der Waals surface area contributed by atoms with Crippen molar-refractivity contribution in [3.63, 3.8) is 0 Å². The monoisotopic (exact) mass is 331 g/mol. The highest BCUT2D eigenvalue weighted by atomic mass is 32.2. The summed E-state index contributed by atoms with van der Waals surface area (Å²) in [5.41, 5.74) is 0.241. The highest BCUT2D eigenvalue weighted by molar-refractivity contribution is 7.93. The van der Waals surface area contributed by atoms with E-state index in [0.717, 1.165) is 16.2 Å². The zero-order valence-corrected chi connectivity index (χ0v) is 13.5. The van der Waals surface area contributed by atoms with Crippen molar-refractivity contribution in [1.29, 1.82) is 0 Å². The number of anilines is 1. The SMILES string of the molecule is COC(=O)c1sccc1NS(=O)(=O)c1cc(C)sc1C. The Morgan fingerprint density at radius 2 is 2.05 bits per heavy atom. The van der Waals surface area contributed by atoms with Crippen LogP contribution in [0.1, 0.15) is 19.4 Å². The van der Waals surface area contributed by atoms with E-state index in [2.05, 4.69) is 9.46 Å². The second kappa shape index (κ2) is 5.55. The highest BCUT2D eigenvalue weighted by Crippen LogP contribution is 2.29. The molecule has 0 saturated heterocycles. The first-order valence-corrected chi connectivity index (χ1v) is 8.78. The number of carbonyl (C=O) groups is 1. The van der Waals surface area contributed by atoms with Crippen LogP contribution in [0.5, 0.6) is 0 Å². The largest absolute Gasteiger partial charge is 0.465 e. The van der Waals surface area contributed by atoms with Crippen molar-refractivity contribution >= 4 is 44.4 Å². The number of hydrogen-bond acceptors (Lipinski definition) is 6. The quantitative estimate of drug-likeness (QED) is 0.874. The van der Waals surface area contributed by atoms with E-state index in [-0.39, 0.29) is 15.5 Å². The van der Waals surface area contributed by atoms with Crippen molar-refractivity contribution in [2.75, 3.05) is 11.8 Å². The average molecular weight is 331 g/mol. The molecule has 0 saturated carbocycles. The molecule has 1 N–H and O–H groups in total. The molecule has 20 heavy (non-hydrogen) atoms. The molecule has 2 heterocycles. The molecule has 0 aliphatic rings. The summed E-state index contributed by atoms with van der Waals surface area (Å²) < 4.78 is 31.8. The summed E-state index contributed by atoms with van der Waals surface area (Å²) in [5.74, 6) is -0.559. The Morgan fingerprint density at radius 3 is 2.60 bits per heavy atom. The molecule has 2 aromatic heterocycles. The van der Waals surface area contributed by atoms with Gasteiger partial charge >= 0.3 is 5.97 Å². The van der Waals surface area contributed by atoms with Gasteiger partial charge in [-0.15, -0.1) is 22.7 Å². The van der Waals surface area contributed by atoms with E-state index in [4.69, 9.17) is 0 Å². The van der Waals surface area contributed by atoms with Crippen LogP contribution in [0.4, 0.5) is 5.69 Å². The van der Waals surface area contributed by atoms with Gasteiger partial charge in [-0.1, -0.05) is 0 Å². The fraction of sp³-hybridized carbons (Fsp3) is 0.250. The number of thiophene rings is 2. The molecule has 0 aliphatic carbocycles. The van der Waals surface area contributed by atoms with E-state index >= 15 is 0 Å². The van der Waals surface area contributed by atoms with Gasteiger partial charge in [-0.3, -0.25) is 4.72 Å². The third kappa shape index (κ3) is 2.87. The molecule has 0 fully saturated rings. The maximum absolute atomic E-state index is 12.3. The van der Waals surface area contributed by atoms with Crippen LogP contribution < -0.4 is 4.72 Å². The molecule has 0 atom stereocenters. The lowest BCUT2D eigenvalue weighted by atomic mass is 10.4. The number of methoxy groups -OCH3 is 1. The summed E-state index contributed by atoms with van der Waals surface area (Å²) >= 11 is 2.54. The molecular formula is C12H13NO4S3. The number of aryl methyl sites for hydroxylation is 2. The van der Waals surface area contributed by atoms with E-state index < -0.39 is 16.0 Å². The normalized spacial score (nSPS) is 11.3. The van der Waals surface area contributed by atoms with Gasteiger partial charge in [-0.25, -0.2) is 13.2 Å². The molecule has 0 aliphatic heterocycles. The van der Waals surface area contributed by atoms with Crippen LogP contribution in [0, 0.1) is 13.8 Å². The van der Waals surface area contributed by atoms with Gasteiger partial charge in [-0.05, 0) is 31.4 Å². The minimum absolute atomic E-state index is 0.237. The first-order chi connectivity index (χ1) is 9.35. The molecule has 2 aromatic rings. The van der Waals surface area contributed by atoms with Gasteiger partial charge < -0.3 is 4.74 Å². The maximum Gasteiger partial charge on any atom is 0.350 e. The van der Waals surface area contributed by atoms with Crippen molar-refractivity contribution in [1.82, 2.24) is 0 Å². The summed E-state index contributed by atoms with van der Waals surface area (Å²) in [6.07, 6.45) is 0. The van der Waals surface area contributed by atoms with Gasteiger partial charge in [0.2, 0.25) is 0 Å². The summed E-state index contributed by atoms with van der Waals surface area (Å²) in [6.45, 7) is 3.60. The minimum atomic E-state index is -3.70. The smallest absolute Gasteiger partial charge is 0.350 e. The van der Waals surface area contributed by atoms with Crippen molar-refractivity contribution in [3.05, 3.63) is 32.1 Å². The lowest BCUT2D eigenvalue weighted by molar-refractivity contribution is 0.0607. The number of hydrogen-bond donors (Lipinski definition) is 1. The Hall–Kier alpha value is -1.38. The van der Waals surface area contributed by atoms with Crippen molar-refractivity contribution < 1.29 is 17.9 Å². The van der Waals surface area contributed by atoms with Crippen LogP contribution in [0.2, 0.25) is 0 Å². The van der Waals surface area contributed by atoms with Gasteiger partial charge in [0.25, 0.3) is 10.0 Å². The Bertz CT molecular complexity index is 743. The Labute approximate surface area is 125 Å². The zero-order valence-electron chi connectivity index (χ0n) is 11.1. The molecule has 2 rings (SSSR count). The summed E-state index contributed by atoms with van der Waals surface area (Å²) in [4.78, 5) is 13.6. The first kappa shape index (κ1) is 15.0.